The second kappa shape index (κ2) is 40.4. The highest BCUT2D eigenvalue weighted by molar-refractivity contribution is 7.45. The number of hydrogen-bond donors (Lipinski definition) is 0. The third-order valence-electron chi connectivity index (χ3n) is 10.9. The maximum absolute atomic E-state index is 12.6. The Kier molecular flexibility index (Phi) is 39.7. The first-order chi connectivity index (χ1) is 27.5. The van der Waals surface area contributed by atoms with Crippen molar-refractivity contribution in [2.24, 2.45) is 0 Å². The van der Waals surface area contributed by atoms with Crippen molar-refractivity contribution in [1.29, 1.82) is 0 Å². The van der Waals surface area contributed by atoms with Crippen molar-refractivity contribution >= 4 is 19.8 Å². The van der Waals surface area contributed by atoms with Crippen LogP contribution in [0.15, 0.2) is 0 Å². The predicted molar refractivity (Wildman–Crippen MR) is 236 cm³/mol. The summed E-state index contributed by atoms with van der Waals surface area (Å²) in [6.07, 6.45) is 41.4. The fraction of sp³-hybridized carbons (Fsp3) is 0.957. The van der Waals surface area contributed by atoms with E-state index in [0.29, 0.717) is 17.4 Å². The summed E-state index contributed by atoms with van der Waals surface area (Å²) in [5.41, 5.74) is 0. The van der Waals surface area contributed by atoms with E-state index >= 15 is 0 Å². The van der Waals surface area contributed by atoms with Gasteiger partial charge in [-0.15, -0.1) is 0 Å². The largest absolute Gasteiger partial charge is 0.756 e. The van der Waals surface area contributed by atoms with Gasteiger partial charge in [0, 0.05) is 12.8 Å². The lowest BCUT2D eigenvalue weighted by atomic mass is 10.0. The van der Waals surface area contributed by atoms with Gasteiger partial charge in [-0.3, -0.25) is 14.2 Å². The van der Waals surface area contributed by atoms with Crippen LogP contribution in [-0.4, -0.2) is 70.0 Å². The van der Waals surface area contributed by atoms with Crippen LogP contribution < -0.4 is 4.89 Å². The van der Waals surface area contributed by atoms with Gasteiger partial charge < -0.3 is 27.9 Å². The average Bonchev–Trinajstić information content (AvgIpc) is 3.16. The Morgan fingerprint density at radius 2 is 0.789 bits per heavy atom. The lowest BCUT2D eigenvalue weighted by molar-refractivity contribution is -0.870. The molecule has 0 amide bonds. The predicted octanol–water partition coefficient (Wildman–Crippen LogP) is 13.3. The van der Waals surface area contributed by atoms with E-state index in [-0.39, 0.29) is 32.0 Å². The highest BCUT2D eigenvalue weighted by atomic mass is 31.2. The van der Waals surface area contributed by atoms with Crippen LogP contribution in [0, 0.1) is 0 Å². The van der Waals surface area contributed by atoms with Crippen molar-refractivity contribution < 1.29 is 42.1 Å². The zero-order chi connectivity index (χ0) is 42.1. The van der Waals surface area contributed by atoms with Crippen LogP contribution >= 0.6 is 7.82 Å². The summed E-state index contributed by atoms with van der Waals surface area (Å²) in [6.45, 7) is 4.26. The minimum atomic E-state index is -4.62. The first kappa shape index (κ1) is 56.0. The van der Waals surface area contributed by atoms with Gasteiger partial charge in [-0.2, -0.15) is 0 Å². The van der Waals surface area contributed by atoms with E-state index < -0.39 is 26.5 Å². The molecule has 0 saturated carbocycles. The molecule has 0 spiro atoms. The Bertz CT molecular complexity index is 943. The lowest BCUT2D eigenvalue weighted by Crippen LogP contribution is -2.37. The second-order valence-corrected chi connectivity index (χ2v) is 19.3. The molecule has 0 bridgehead atoms. The van der Waals surface area contributed by atoms with E-state index in [1.807, 2.05) is 21.1 Å². The summed E-state index contributed by atoms with van der Waals surface area (Å²) >= 11 is 0. The monoisotopic (exact) mass is 832 g/mol. The maximum Gasteiger partial charge on any atom is 0.306 e. The van der Waals surface area contributed by atoms with Crippen molar-refractivity contribution in [3.8, 4) is 0 Å². The molecule has 10 heteroatoms. The molecule has 0 radical (unpaired) electrons. The van der Waals surface area contributed by atoms with Gasteiger partial charge >= 0.3 is 11.9 Å². The molecule has 2 unspecified atom stereocenters. The van der Waals surface area contributed by atoms with Gasteiger partial charge in [0.15, 0.2) is 6.10 Å². The van der Waals surface area contributed by atoms with Crippen molar-refractivity contribution in [1.82, 2.24) is 0 Å². The quantitative estimate of drug-likeness (QED) is 0.0258. The smallest absolute Gasteiger partial charge is 0.306 e. The molecule has 0 aromatic rings. The van der Waals surface area contributed by atoms with Crippen LogP contribution in [0.2, 0.25) is 0 Å². The number of carbonyl (C=O) groups is 2. The van der Waals surface area contributed by atoms with Gasteiger partial charge in [-0.1, -0.05) is 213 Å². The van der Waals surface area contributed by atoms with Crippen LogP contribution in [0.25, 0.3) is 0 Å². The van der Waals surface area contributed by atoms with E-state index in [0.717, 1.165) is 32.1 Å². The number of likely N-dealkylation sites (N-methyl/N-ethyl adjacent to an activating group) is 1. The summed E-state index contributed by atoms with van der Waals surface area (Å²) in [7, 11) is 1.18. The fourth-order valence-corrected chi connectivity index (χ4v) is 7.80. The van der Waals surface area contributed by atoms with E-state index in [1.54, 1.807) is 0 Å². The molecule has 0 fully saturated rings. The molecule has 0 aliphatic rings. The SMILES string of the molecule is CCCCCCCCCCCCCCCCCCCCCCCCC(=O)OCC(COP(=O)([O-])OCC[N+](C)(C)C)OC(=O)CCCCCCCCCCCCC. The molecule has 0 saturated heterocycles. The summed E-state index contributed by atoms with van der Waals surface area (Å²) in [5, 5.41) is 0. The highest BCUT2D eigenvalue weighted by Gasteiger charge is 2.21. The van der Waals surface area contributed by atoms with Gasteiger partial charge in [-0.05, 0) is 12.8 Å². The number of rotatable bonds is 45. The Morgan fingerprint density at radius 1 is 0.474 bits per heavy atom. The lowest BCUT2D eigenvalue weighted by Gasteiger charge is -2.28. The topological polar surface area (TPSA) is 111 Å². The summed E-state index contributed by atoms with van der Waals surface area (Å²) in [4.78, 5) is 37.5. The van der Waals surface area contributed by atoms with Crippen LogP contribution in [-0.2, 0) is 32.7 Å². The van der Waals surface area contributed by atoms with Crippen molar-refractivity contribution in [2.75, 3.05) is 47.5 Å². The minimum Gasteiger partial charge on any atom is -0.756 e. The third-order valence-corrected chi connectivity index (χ3v) is 11.8. The Labute approximate surface area is 353 Å². The van der Waals surface area contributed by atoms with Gasteiger partial charge in [0.2, 0.25) is 0 Å². The number of phosphoric acid groups is 1. The molecule has 0 heterocycles. The first-order valence-electron chi connectivity index (χ1n) is 24.2. The number of ether oxygens (including phenoxy) is 2. The first-order valence-corrected chi connectivity index (χ1v) is 25.7. The molecule has 9 nitrogen and oxygen atoms in total. The molecule has 0 aromatic heterocycles. The Morgan fingerprint density at radius 3 is 1.12 bits per heavy atom. The number of phosphoric ester groups is 1. The standard InChI is InChI=1S/C47H94NO8P/c1-6-8-10-12-14-16-18-19-20-21-22-23-24-25-26-27-28-30-31-33-35-37-39-46(49)53-43-45(44-55-57(51,52)54-42-41-48(3,4)5)56-47(50)40-38-36-34-32-29-17-15-13-11-9-7-2/h45H,6-44H2,1-5H3. The molecule has 0 aromatic carbocycles. The van der Waals surface area contributed by atoms with E-state index in [9.17, 15) is 19.0 Å². The number of quaternary nitrogens is 1. The molecule has 0 aliphatic carbocycles. The highest BCUT2D eigenvalue weighted by Crippen LogP contribution is 2.38. The zero-order valence-corrected chi connectivity index (χ0v) is 39.2. The van der Waals surface area contributed by atoms with Crippen LogP contribution in [0.3, 0.4) is 0 Å². The number of carbonyl (C=O) groups excluding carboxylic acids is 2. The summed E-state index contributed by atoms with van der Waals surface area (Å²) in [5.74, 6) is -0.819. The number of nitrogens with zero attached hydrogens (tertiary/aromatic N) is 1. The number of hydrogen-bond acceptors (Lipinski definition) is 8. The Hall–Kier alpha value is -0.990. The molecular formula is C47H94NO8P. The Balaban J connectivity index is 4.13. The van der Waals surface area contributed by atoms with Gasteiger partial charge in [-0.25, -0.2) is 0 Å². The molecule has 0 rings (SSSR count). The van der Waals surface area contributed by atoms with Crippen molar-refractivity contribution in [3.63, 3.8) is 0 Å². The van der Waals surface area contributed by atoms with E-state index in [1.165, 1.54) is 173 Å². The number of esters is 2. The van der Waals surface area contributed by atoms with Crippen molar-refractivity contribution in [3.05, 3.63) is 0 Å². The normalized spacial score (nSPS) is 13.4. The van der Waals surface area contributed by atoms with Gasteiger partial charge in [0.1, 0.15) is 19.8 Å². The molecule has 340 valence electrons. The second-order valence-electron chi connectivity index (χ2n) is 17.8. The summed E-state index contributed by atoms with van der Waals surface area (Å²) < 4.78 is 33.9. The van der Waals surface area contributed by atoms with Crippen LogP contribution in [0.4, 0.5) is 0 Å². The maximum atomic E-state index is 12.6. The van der Waals surface area contributed by atoms with Crippen molar-refractivity contribution in [2.45, 2.75) is 245 Å². The van der Waals surface area contributed by atoms with Gasteiger partial charge in [0.05, 0.1) is 27.7 Å². The molecule has 57 heavy (non-hydrogen) atoms. The summed E-state index contributed by atoms with van der Waals surface area (Å²) in [6, 6.07) is 0. The average molecular weight is 832 g/mol. The third kappa shape index (κ3) is 44.4. The van der Waals surface area contributed by atoms with E-state index in [4.69, 9.17) is 18.5 Å². The van der Waals surface area contributed by atoms with E-state index in [2.05, 4.69) is 13.8 Å². The van der Waals surface area contributed by atoms with Gasteiger partial charge in [0.25, 0.3) is 7.82 Å². The van der Waals surface area contributed by atoms with Crippen LogP contribution in [0.5, 0.6) is 0 Å². The minimum absolute atomic E-state index is 0.0257. The fourth-order valence-electron chi connectivity index (χ4n) is 7.07. The molecule has 2 atom stereocenters. The molecule has 0 aliphatic heterocycles. The molecular weight excluding hydrogens is 737 g/mol. The number of unbranched alkanes of at least 4 members (excludes halogenated alkanes) is 31. The zero-order valence-electron chi connectivity index (χ0n) is 38.3. The molecule has 0 N–H and O–H groups in total. The van der Waals surface area contributed by atoms with Crippen LogP contribution in [0.1, 0.15) is 239 Å².